The minimum Gasteiger partial charge on any atom is -0.380 e. The molecule has 2 rings (SSSR count). The molecule has 1 atom stereocenters. The van der Waals surface area contributed by atoms with Crippen LogP contribution in [0.15, 0.2) is 0 Å². The highest BCUT2D eigenvalue weighted by atomic mass is 16.5. The van der Waals surface area contributed by atoms with Crippen LogP contribution in [-0.2, 0) is 14.3 Å². The summed E-state index contributed by atoms with van der Waals surface area (Å²) in [4.78, 5) is 26.3. The zero-order valence-electron chi connectivity index (χ0n) is 11.2. The molecule has 2 aliphatic rings. The van der Waals surface area contributed by atoms with Gasteiger partial charge in [0.05, 0.1) is 6.61 Å². The van der Waals surface area contributed by atoms with Crippen LogP contribution in [0, 0.1) is 0 Å². The van der Waals surface area contributed by atoms with Gasteiger partial charge in [-0.3, -0.25) is 9.59 Å². The fraction of sp³-hybridized carbons (Fsp3) is 0.846. The van der Waals surface area contributed by atoms with Crippen molar-refractivity contribution in [3.8, 4) is 0 Å². The van der Waals surface area contributed by atoms with Crippen LogP contribution in [0.5, 0.6) is 0 Å². The van der Waals surface area contributed by atoms with Gasteiger partial charge in [-0.25, -0.2) is 0 Å². The van der Waals surface area contributed by atoms with Gasteiger partial charge in [0, 0.05) is 13.2 Å². The summed E-state index contributed by atoms with van der Waals surface area (Å²) in [6.07, 6.45) is 3.59. The van der Waals surface area contributed by atoms with E-state index < -0.39 is 11.6 Å². The number of ether oxygens (including phenoxy) is 1. The summed E-state index contributed by atoms with van der Waals surface area (Å²) >= 11 is 0. The molecule has 0 aromatic rings. The molecule has 1 unspecified atom stereocenters. The van der Waals surface area contributed by atoms with Crippen molar-refractivity contribution in [1.29, 1.82) is 0 Å². The Morgan fingerprint density at radius 2 is 2.06 bits per heavy atom. The summed E-state index contributed by atoms with van der Waals surface area (Å²) in [7, 11) is 0. The van der Waals surface area contributed by atoms with Crippen molar-refractivity contribution in [2.45, 2.75) is 51.1 Å². The first-order valence-corrected chi connectivity index (χ1v) is 6.82. The number of nitrogens with one attached hydrogen (secondary N) is 1. The van der Waals surface area contributed by atoms with Crippen molar-refractivity contribution in [2.75, 3.05) is 19.8 Å². The lowest BCUT2D eigenvalue weighted by Crippen LogP contribution is -2.69. The second-order valence-electron chi connectivity index (χ2n) is 5.12. The highest BCUT2D eigenvalue weighted by Crippen LogP contribution is 2.37. The molecule has 2 fully saturated rings. The van der Waals surface area contributed by atoms with Crippen LogP contribution in [0.3, 0.4) is 0 Å². The van der Waals surface area contributed by atoms with Crippen molar-refractivity contribution >= 4 is 11.8 Å². The molecule has 1 saturated heterocycles. The Morgan fingerprint density at radius 1 is 1.39 bits per heavy atom. The Bertz CT molecular complexity index is 337. The molecule has 1 aliphatic heterocycles. The number of hydrogen-bond donors (Lipinski definition) is 1. The second-order valence-corrected chi connectivity index (χ2v) is 5.12. The topological polar surface area (TPSA) is 58.6 Å². The molecule has 0 aromatic carbocycles. The number of carbonyl (C=O) groups excluding carboxylic acids is 2. The lowest BCUT2D eigenvalue weighted by atomic mass is 9.89. The predicted molar refractivity (Wildman–Crippen MR) is 67.0 cm³/mol. The zero-order chi connectivity index (χ0) is 13.2. The van der Waals surface area contributed by atoms with E-state index in [0.29, 0.717) is 19.8 Å². The van der Waals surface area contributed by atoms with E-state index in [0.717, 1.165) is 25.7 Å². The van der Waals surface area contributed by atoms with Crippen molar-refractivity contribution in [3.63, 3.8) is 0 Å². The molecule has 0 radical (unpaired) electrons. The number of nitrogens with zero attached hydrogens (tertiary/aromatic N) is 1. The highest BCUT2D eigenvalue weighted by molar-refractivity contribution is 5.99. The van der Waals surface area contributed by atoms with Crippen LogP contribution in [0.4, 0.5) is 0 Å². The molecule has 5 heteroatoms. The third-order valence-electron chi connectivity index (χ3n) is 4.02. The number of carbonyl (C=O) groups is 2. The number of piperazine rings is 1. The monoisotopic (exact) mass is 254 g/mol. The van der Waals surface area contributed by atoms with Crippen LogP contribution in [-0.4, -0.2) is 48.1 Å². The molecular weight excluding hydrogens is 232 g/mol. The van der Waals surface area contributed by atoms with Gasteiger partial charge in [0.1, 0.15) is 11.6 Å². The maximum Gasteiger partial charge on any atom is 0.246 e. The van der Waals surface area contributed by atoms with Crippen molar-refractivity contribution in [2.24, 2.45) is 0 Å². The van der Waals surface area contributed by atoms with Crippen molar-refractivity contribution in [3.05, 3.63) is 0 Å². The number of hydrogen-bond acceptors (Lipinski definition) is 3. The van der Waals surface area contributed by atoms with Gasteiger partial charge in [-0.2, -0.15) is 0 Å². The van der Waals surface area contributed by atoms with Gasteiger partial charge in [-0.05, 0) is 26.7 Å². The lowest BCUT2D eigenvalue weighted by Gasteiger charge is -2.45. The molecule has 1 heterocycles. The smallest absolute Gasteiger partial charge is 0.246 e. The van der Waals surface area contributed by atoms with Crippen LogP contribution in [0.25, 0.3) is 0 Å². The Labute approximate surface area is 108 Å². The van der Waals surface area contributed by atoms with Gasteiger partial charge >= 0.3 is 0 Å². The molecule has 18 heavy (non-hydrogen) atoms. The first kappa shape index (κ1) is 13.3. The van der Waals surface area contributed by atoms with E-state index in [2.05, 4.69) is 5.32 Å². The van der Waals surface area contributed by atoms with Crippen LogP contribution in [0.2, 0.25) is 0 Å². The van der Waals surface area contributed by atoms with Crippen molar-refractivity contribution < 1.29 is 14.3 Å². The molecule has 102 valence electrons. The summed E-state index contributed by atoms with van der Waals surface area (Å²) in [5.74, 6) is 0.0415. The van der Waals surface area contributed by atoms with E-state index in [1.807, 2.05) is 6.92 Å². The Balaban J connectivity index is 2.17. The maximum absolute atomic E-state index is 12.3. The third kappa shape index (κ3) is 2.11. The molecule has 1 saturated carbocycles. The first-order valence-electron chi connectivity index (χ1n) is 6.82. The summed E-state index contributed by atoms with van der Waals surface area (Å²) < 4.78 is 5.33. The van der Waals surface area contributed by atoms with Crippen LogP contribution < -0.4 is 5.32 Å². The fourth-order valence-corrected chi connectivity index (χ4v) is 3.04. The molecule has 1 N–H and O–H groups in total. The summed E-state index contributed by atoms with van der Waals surface area (Å²) in [5, 5.41) is 2.81. The highest BCUT2D eigenvalue weighted by Gasteiger charge is 2.52. The van der Waals surface area contributed by atoms with Gasteiger partial charge in [-0.1, -0.05) is 12.8 Å². The van der Waals surface area contributed by atoms with E-state index >= 15 is 0 Å². The Hall–Kier alpha value is -1.10. The van der Waals surface area contributed by atoms with E-state index in [9.17, 15) is 9.59 Å². The molecule has 1 aliphatic carbocycles. The van der Waals surface area contributed by atoms with Gasteiger partial charge in [-0.15, -0.1) is 0 Å². The summed E-state index contributed by atoms with van der Waals surface area (Å²) in [5.41, 5.74) is -0.597. The summed E-state index contributed by atoms with van der Waals surface area (Å²) in [6, 6.07) is -0.412. The van der Waals surface area contributed by atoms with Gasteiger partial charge in [0.15, 0.2) is 0 Å². The van der Waals surface area contributed by atoms with Gasteiger partial charge in [0.2, 0.25) is 11.8 Å². The molecule has 0 bridgehead atoms. The average molecular weight is 254 g/mol. The van der Waals surface area contributed by atoms with E-state index in [1.54, 1.807) is 11.8 Å². The number of rotatable bonds is 4. The Morgan fingerprint density at radius 3 is 2.67 bits per heavy atom. The standard InChI is InChI=1S/C13H22N2O3/c1-3-18-9-8-15-11(16)10(2)14-12(17)13(15)6-4-5-7-13/h10H,3-9H2,1-2H3,(H,14,17). The quantitative estimate of drug-likeness (QED) is 0.751. The minimum atomic E-state index is -0.597. The predicted octanol–water partition coefficient (Wildman–Crippen LogP) is 0.683. The van der Waals surface area contributed by atoms with Crippen LogP contribution >= 0.6 is 0 Å². The molecular formula is C13H22N2O3. The molecule has 0 aromatic heterocycles. The van der Waals surface area contributed by atoms with Gasteiger partial charge < -0.3 is 15.0 Å². The SMILES string of the molecule is CCOCCN1C(=O)C(C)NC(=O)C12CCCC2. The largest absolute Gasteiger partial charge is 0.380 e. The van der Waals surface area contributed by atoms with Crippen LogP contribution in [0.1, 0.15) is 39.5 Å². The maximum atomic E-state index is 12.3. The summed E-state index contributed by atoms with van der Waals surface area (Å²) in [6.45, 7) is 5.33. The van der Waals surface area contributed by atoms with E-state index in [-0.39, 0.29) is 11.8 Å². The Kier molecular flexibility index (Phi) is 3.90. The molecule has 2 amide bonds. The fourth-order valence-electron chi connectivity index (χ4n) is 3.04. The second kappa shape index (κ2) is 5.26. The molecule has 1 spiro atoms. The zero-order valence-corrected chi connectivity index (χ0v) is 11.2. The lowest BCUT2D eigenvalue weighted by molar-refractivity contribution is -0.157. The number of amides is 2. The van der Waals surface area contributed by atoms with E-state index in [1.165, 1.54) is 0 Å². The van der Waals surface area contributed by atoms with Crippen molar-refractivity contribution in [1.82, 2.24) is 10.2 Å². The van der Waals surface area contributed by atoms with Gasteiger partial charge in [0.25, 0.3) is 0 Å². The first-order chi connectivity index (χ1) is 8.62. The van der Waals surface area contributed by atoms with E-state index in [4.69, 9.17) is 4.74 Å². The normalized spacial score (nSPS) is 26.8. The average Bonchev–Trinajstić information content (AvgIpc) is 2.82. The minimum absolute atomic E-state index is 0.0172. The molecule has 5 nitrogen and oxygen atoms in total. The third-order valence-corrected chi connectivity index (χ3v) is 4.02.